The van der Waals surface area contributed by atoms with Crippen LogP contribution in [0.15, 0.2) is 30.5 Å². The lowest BCUT2D eigenvalue weighted by molar-refractivity contribution is 0.293. The van der Waals surface area contributed by atoms with Gasteiger partial charge in [-0.2, -0.15) is 4.98 Å². The Morgan fingerprint density at radius 1 is 1.22 bits per heavy atom. The summed E-state index contributed by atoms with van der Waals surface area (Å²) in [7, 11) is 0. The molecule has 0 fully saturated rings. The standard InChI is InChI=1S/C13H16N4O/c1-10-8-12(9-14)17-13(16-10)18-7-5-11-4-2-3-6-15-11/h2-4,6,8H,5,7,9,14H2,1H3. The number of rotatable bonds is 5. The Morgan fingerprint density at radius 3 is 2.83 bits per heavy atom. The third-order valence-corrected chi connectivity index (χ3v) is 2.41. The molecule has 5 nitrogen and oxygen atoms in total. The Morgan fingerprint density at radius 2 is 2.11 bits per heavy atom. The van der Waals surface area contributed by atoms with Crippen molar-refractivity contribution in [1.29, 1.82) is 0 Å². The fourth-order valence-electron chi connectivity index (χ4n) is 1.57. The molecule has 94 valence electrons. The zero-order chi connectivity index (χ0) is 12.8. The van der Waals surface area contributed by atoms with E-state index in [0.717, 1.165) is 23.5 Å². The van der Waals surface area contributed by atoms with Gasteiger partial charge in [0.2, 0.25) is 0 Å². The van der Waals surface area contributed by atoms with E-state index >= 15 is 0 Å². The van der Waals surface area contributed by atoms with E-state index in [9.17, 15) is 0 Å². The van der Waals surface area contributed by atoms with Gasteiger partial charge in [-0.15, -0.1) is 0 Å². The lowest BCUT2D eigenvalue weighted by Crippen LogP contribution is -2.08. The average molecular weight is 244 g/mol. The van der Waals surface area contributed by atoms with Crippen molar-refractivity contribution in [3.63, 3.8) is 0 Å². The maximum Gasteiger partial charge on any atom is 0.316 e. The quantitative estimate of drug-likeness (QED) is 0.857. The zero-order valence-corrected chi connectivity index (χ0v) is 10.3. The van der Waals surface area contributed by atoms with Gasteiger partial charge in [0.1, 0.15) is 0 Å². The Hall–Kier alpha value is -2.01. The highest BCUT2D eigenvalue weighted by Crippen LogP contribution is 2.07. The Labute approximate surface area is 106 Å². The zero-order valence-electron chi connectivity index (χ0n) is 10.3. The summed E-state index contributed by atoms with van der Waals surface area (Å²) in [6.45, 7) is 2.79. The number of ether oxygens (including phenoxy) is 1. The summed E-state index contributed by atoms with van der Waals surface area (Å²) in [6.07, 6.45) is 2.50. The second-order valence-electron chi connectivity index (χ2n) is 3.91. The van der Waals surface area contributed by atoms with Gasteiger partial charge < -0.3 is 10.5 Å². The molecule has 5 heteroatoms. The van der Waals surface area contributed by atoms with Crippen molar-refractivity contribution >= 4 is 0 Å². The predicted octanol–water partition coefficient (Wildman–Crippen LogP) is 1.26. The molecule has 0 amide bonds. The molecule has 0 saturated carbocycles. The average Bonchev–Trinajstić information content (AvgIpc) is 2.39. The van der Waals surface area contributed by atoms with Crippen LogP contribution in [0.5, 0.6) is 6.01 Å². The highest BCUT2D eigenvalue weighted by molar-refractivity contribution is 5.12. The van der Waals surface area contributed by atoms with Gasteiger partial charge in [0, 0.05) is 30.6 Å². The maximum atomic E-state index is 5.55. The number of pyridine rings is 1. The number of aromatic nitrogens is 3. The minimum atomic E-state index is 0.381. The highest BCUT2D eigenvalue weighted by Gasteiger charge is 2.02. The molecule has 2 aromatic heterocycles. The third kappa shape index (κ3) is 3.49. The minimum Gasteiger partial charge on any atom is -0.463 e. The van der Waals surface area contributed by atoms with Crippen LogP contribution in [-0.2, 0) is 13.0 Å². The normalized spacial score (nSPS) is 10.3. The first-order valence-corrected chi connectivity index (χ1v) is 5.85. The monoisotopic (exact) mass is 244 g/mol. The molecule has 0 aromatic carbocycles. The first-order valence-electron chi connectivity index (χ1n) is 5.85. The molecule has 0 aliphatic carbocycles. The highest BCUT2D eigenvalue weighted by atomic mass is 16.5. The van der Waals surface area contributed by atoms with Crippen LogP contribution in [0.2, 0.25) is 0 Å². The van der Waals surface area contributed by atoms with E-state index in [1.54, 1.807) is 6.20 Å². The number of nitrogens with two attached hydrogens (primary N) is 1. The first-order chi connectivity index (χ1) is 8.78. The van der Waals surface area contributed by atoms with Crippen molar-refractivity contribution in [1.82, 2.24) is 15.0 Å². The van der Waals surface area contributed by atoms with Crippen LogP contribution in [0.25, 0.3) is 0 Å². The molecule has 0 saturated heterocycles. The largest absolute Gasteiger partial charge is 0.463 e. The summed E-state index contributed by atoms with van der Waals surface area (Å²) in [4.78, 5) is 12.6. The van der Waals surface area contributed by atoms with Crippen LogP contribution in [0.1, 0.15) is 17.1 Å². The summed E-state index contributed by atoms with van der Waals surface area (Å²) in [5, 5.41) is 0. The molecule has 0 radical (unpaired) electrons. The predicted molar refractivity (Wildman–Crippen MR) is 68.1 cm³/mol. The second-order valence-corrected chi connectivity index (χ2v) is 3.91. The van der Waals surface area contributed by atoms with Crippen LogP contribution in [-0.4, -0.2) is 21.6 Å². The smallest absolute Gasteiger partial charge is 0.316 e. The van der Waals surface area contributed by atoms with E-state index in [2.05, 4.69) is 15.0 Å². The number of hydrogen-bond acceptors (Lipinski definition) is 5. The first kappa shape index (κ1) is 12.4. The lowest BCUT2D eigenvalue weighted by Gasteiger charge is -2.06. The van der Waals surface area contributed by atoms with Gasteiger partial charge in [-0.3, -0.25) is 4.98 Å². The minimum absolute atomic E-state index is 0.381. The molecule has 2 aromatic rings. The van der Waals surface area contributed by atoms with Crippen molar-refractivity contribution in [2.45, 2.75) is 19.9 Å². The fourth-order valence-corrected chi connectivity index (χ4v) is 1.57. The molecule has 0 atom stereocenters. The van der Waals surface area contributed by atoms with Crippen molar-refractivity contribution in [2.75, 3.05) is 6.61 Å². The van der Waals surface area contributed by atoms with Gasteiger partial charge in [-0.1, -0.05) is 6.07 Å². The van der Waals surface area contributed by atoms with E-state index in [1.807, 2.05) is 31.2 Å². The van der Waals surface area contributed by atoms with Crippen molar-refractivity contribution in [2.24, 2.45) is 5.73 Å². The summed E-state index contributed by atoms with van der Waals surface area (Å²) in [5.74, 6) is 0. The van der Waals surface area contributed by atoms with Crippen molar-refractivity contribution < 1.29 is 4.74 Å². The van der Waals surface area contributed by atoms with Crippen LogP contribution < -0.4 is 10.5 Å². The summed E-state index contributed by atoms with van der Waals surface area (Å²) >= 11 is 0. The van der Waals surface area contributed by atoms with Gasteiger partial charge in [0.15, 0.2) is 0 Å². The van der Waals surface area contributed by atoms with Gasteiger partial charge in [-0.25, -0.2) is 4.98 Å². The van der Waals surface area contributed by atoms with Gasteiger partial charge in [0.25, 0.3) is 0 Å². The molecule has 0 aliphatic rings. The Bertz CT molecular complexity index is 502. The summed E-state index contributed by atoms with van der Waals surface area (Å²) in [5.41, 5.74) is 8.19. The van der Waals surface area contributed by atoms with E-state index < -0.39 is 0 Å². The van der Waals surface area contributed by atoms with Gasteiger partial charge in [-0.05, 0) is 25.1 Å². The molecule has 2 N–H and O–H groups in total. The van der Waals surface area contributed by atoms with Gasteiger partial charge in [0.05, 0.1) is 12.3 Å². The fraction of sp³-hybridized carbons (Fsp3) is 0.308. The summed E-state index contributed by atoms with van der Waals surface area (Å²) in [6, 6.07) is 8.04. The molecule has 0 aliphatic heterocycles. The molecule has 0 spiro atoms. The Balaban J connectivity index is 1.92. The molecular weight excluding hydrogens is 228 g/mol. The Kier molecular flexibility index (Phi) is 4.20. The van der Waals surface area contributed by atoms with E-state index in [0.29, 0.717) is 19.2 Å². The van der Waals surface area contributed by atoms with Crippen molar-refractivity contribution in [3.8, 4) is 6.01 Å². The van der Waals surface area contributed by atoms with Crippen LogP contribution in [0.3, 0.4) is 0 Å². The van der Waals surface area contributed by atoms with Crippen LogP contribution in [0.4, 0.5) is 0 Å². The van der Waals surface area contributed by atoms with Crippen LogP contribution in [0, 0.1) is 6.92 Å². The van der Waals surface area contributed by atoms with Gasteiger partial charge >= 0.3 is 6.01 Å². The molecular formula is C13H16N4O. The molecule has 2 heterocycles. The van der Waals surface area contributed by atoms with Crippen molar-refractivity contribution in [3.05, 3.63) is 47.5 Å². The second kappa shape index (κ2) is 6.07. The number of aryl methyl sites for hydroxylation is 1. The molecule has 0 unspecified atom stereocenters. The SMILES string of the molecule is Cc1cc(CN)nc(OCCc2ccccn2)n1. The van der Waals surface area contributed by atoms with E-state index in [1.165, 1.54) is 0 Å². The van der Waals surface area contributed by atoms with E-state index in [-0.39, 0.29) is 0 Å². The number of hydrogen-bond donors (Lipinski definition) is 1. The maximum absolute atomic E-state index is 5.55. The molecule has 18 heavy (non-hydrogen) atoms. The third-order valence-electron chi connectivity index (χ3n) is 2.41. The molecule has 2 rings (SSSR count). The van der Waals surface area contributed by atoms with E-state index in [4.69, 9.17) is 10.5 Å². The van der Waals surface area contributed by atoms with Crippen LogP contribution >= 0.6 is 0 Å². The number of nitrogens with zero attached hydrogens (tertiary/aromatic N) is 3. The molecule has 0 bridgehead atoms. The topological polar surface area (TPSA) is 73.9 Å². The lowest BCUT2D eigenvalue weighted by atomic mass is 10.3. The summed E-state index contributed by atoms with van der Waals surface area (Å²) < 4.78 is 5.52.